The van der Waals surface area contributed by atoms with Gasteiger partial charge in [-0.1, -0.05) is 19.1 Å². The van der Waals surface area contributed by atoms with E-state index in [1.807, 2.05) is 30.0 Å². The van der Waals surface area contributed by atoms with Gasteiger partial charge >= 0.3 is 0 Å². The zero-order valence-electron chi connectivity index (χ0n) is 15.5. The predicted octanol–water partition coefficient (Wildman–Crippen LogP) is 1.38. The number of amides is 1. The number of aliphatic imine (C=N–C) groups is 1. The van der Waals surface area contributed by atoms with Gasteiger partial charge < -0.3 is 25.0 Å². The minimum Gasteiger partial charge on any atom is -0.493 e. The summed E-state index contributed by atoms with van der Waals surface area (Å²) in [4.78, 5) is 18.0. The Hall–Kier alpha value is -2.44. The first kappa shape index (κ1) is 18.9. The molecule has 1 amide bonds. The Bertz CT molecular complexity index is 618. The molecule has 0 aromatic heterocycles. The number of benzene rings is 1. The molecular weight excluding hydrogens is 320 g/mol. The SMILES string of the molecule is CCC(=O)N1CCC(NC(=NC)NCc2cccc(OC)c2OC)C1. The van der Waals surface area contributed by atoms with Crippen molar-refractivity contribution in [3.63, 3.8) is 0 Å². The topological polar surface area (TPSA) is 75.2 Å². The average molecular weight is 348 g/mol. The quantitative estimate of drug-likeness (QED) is 0.600. The maximum atomic E-state index is 11.8. The number of nitrogens with one attached hydrogen (secondary N) is 2. The van der Waals surface area contributed by atoms with Crippen LogP contribution in [0, 0.1) is 0 Å². The van der Waals surface area contributed by atoms with E-state index in [0.717, 1.165) is 25.1 Å². The van der Waals surface area contributed by atoms with E-state index in [2.05, 4.69) is 15.6 Å². The minimum absolute atomic E-state index is 0.202. The lowest BCUT2D eigenvalue weighted by Gasteiger charge is -2.19. The van der Waals surface area contributed by atoms with Gasteiger partial charge in [-0.3, -0.25) is 9.79 Å². The number of hydrogen-bond donors (Lipinski definition) is 2. The summed E-state index contributed by atoms with van der Waals surface area (Å²) in [7, 11) is 4.99. The Morgan fingerprint density at radius 2 is 2.16 bits per heavy atom. The number of rotatable bonds is 6. The molecule has 25 heavy (non-hydrogen) atoms. The van der Waals surface area contributed by atoms with Crippen molar-refractivity contribution in [1.82, 2.24) is 15.5 Å². The highest BCUT2D eigenvalue weighted by Gasteiger charge is 2.25. The van der Waals surface area contributed by atoms with E-state index in [4.69, 9.17) is 9.47 Å². The number of para-hydroxylation sites is 1. The highest BCUT2D eigenvalue weighted by molar-refractivity contribution is 5.80. The molecule has 0 bridgehead atoms. The average Bonchev–Trinajstić information content (AvgIpc) is 3.12. The fraction of sp³-hybridized carbons (Fsp3) is 0.556. The molecule has 1 fully saturated rings. The third kappa shape index (κ3) is 4.78. The van der Waals surface area contributed by atoms with Crippen LogP contribution in [-0.4, -0.2) is 57.2 Å². The second kappa shape index (κ2) is 9.15. The molecule has 1 aliphatic rings. The highest BCUT2D eigenvalue weighted by atomic mass is 16.5. The van der Waals surface area contributed by atoms with Gasteiger partial charge in [0, 0.05) is 44.7 Å². The van der Waals surface area contributed by atoms with Gasteiger partial charge in [0.05, 0.1) is 14.2 Å². The number of methoxy groups -OCH3 is 2. The van der Waals surface area contributed by atoms with Crippen LogP contribution < -0.4 is 20.1 Å². The summed E-state index contributed by atoms with van der Waals surface area (Å²) in [5.74, 6) is 2.33. The van der Waals surface area contributed by atoms with E-state index in [1.54, 1.807) is 21.3 Å². The van der Waals surface area contributed by atoms with Crippen molar-refractivity contribution >= 4 is 11.9 Å². The van der Waals surface area contributed by atoms with Gasteiger partial charge in [0.15, 0.2) is 17.5 Å². The van der Waals surface area contributed by atoms with Gasteiger partial charge in [0.2, 0.25) is 5.91 Å². The second-order valence-corrected chi connectivity index (χ2v) is 5.90. The van der Waals surface area contributed by atoms with E-state index in [0.29, 0.717) is 30.4 Å². The molecule has 1 aromatic carbocycles. The Morgan fingerprint density at radius 1 is 1.36 bits per heavy atom. The maximum absolute atomic E-state index is 11.8. The first-order valence-electron chi connectivity index (χ1n) is 8.57. The number of ether oxygens (including phenoxy) is 2. The van der Waals surface area contributed by atoms with Crippen molar-refractivity contribution < 1.29 is 14.3 Å². The lowest BCUT2D eigenvalue weighted by atomic mass is 10.2. The molecule has 7 heteroatoms. The van der Waals surface area contributed by atoms with Crippen LogP contribution in [0.4, 0.5) is 0 Å². The van der Waals surface area contributed by atoms with E-state index in [1.165, 1.54) is 0 Å². The molecule has 0 spiro atoms. The van der Waals surface area contributed by atoms with Crippen molar-refractivity contribution in [2.45, 2.75) is 32.4 Å². The summed E-state index contributed by atoms with van der Waals surface area (Å²) < 4.78 is 10.8. The summed E-state index contributed by atoms with van der Waals surface area (Å²) in [5, 5.41) is 6.68. The molecule has 7 nitrogen and oxygen atoms in total. The number of carbonyl (C=O) groups excluding carboxylic acids is 1. The monoisotopic (exact) mass is 348 g/mol. The summed E-state index contributed by atoms with van der Waals surface area (Å²) in [6, 6.07) is 6.00. The molecule has 1 saturated heterocycles. The van der Waals surface area contributed by atoms with Crippen LogP contribution in [0.3, 0.4) is 0 Å². The van der Waals surface area contributed by atoms with Crippen LogP contribution in [0.25, 0.3) is 0 Å². The molecule has 0 saturated carbocycles. The number of hydrogen-bond acceptors (Lipinski definition) is 4. The molecule has 0 aliphatic carbocycles. The van der Waals surface area contributed by atoms with E-state index < -0.39 is 0 Å². The normalized spacial score (nSPS) is 17.4. The van der Waals surface area contributed by atoms with Gasteiger partial charge in [-0.05, 0) is 12.5 Å². The highest BCUT2D eigenvalue weighted by Crippen LogP contribution is 2.30. The van der Waals surface area contributed by atoms with Gasteiger partial charge in [-0.15, -0.1) is 0 Å². The predicted molar refractivity (Wildman–Crippen MR) is 98.2 cm³/mol. The summed E-state index contributed by atoms with van der Waals surface area (Å²) in [6.45, 7) is 3.97. The van der Waals surface area contributed by atoms with Crippen molar-refractivity contribution in [3.8, 4) is 11.5 Å². The van der Waals surface area contributed by atoms with Gasteiger partial charge in [-0.2, -0.15) is 0 Å². The number of guanidine groups is 1. The standard InChI is InChI=1S/C18H28N4O3/c1-5-16(23)22-10-9-14(12-22)21-18(19-2)20-11-13-7-6-8-15(24-3)17(13)25-4/h6-8,14H,5,9-12H2,1-4H3,(H2,19,20,21). The van der Waals surface area contributed by atoms with Gasteiger partial charge in [0.1, 0.15) is 0 Å². The molecule has 2 N–H and O–H groups in total. The second-order valence-electron chi connectivity index (χ2n) is 5.90. The van der Waals surface area contributed by atoms with Crippen LogP contribution in [0.2, 0.25) is 0 Å². The maximum Gasteiger partial charge on any atom is 0.222 e. The fourth-order valence-electron chi connectivity index (χ4n) is 2.99. The van der Waals surface area contributed by atoms with Crippen molar-refractivity contribution in [1.29, 1.82) is 0 Å². The van der Waals surface area contributed by atoms with Gasteiger partial charge in [0.25, 0.3) is 0 Å². The zero-order chi connectivity index (χ0) is 18.2. The van der Waals surface area contributed by atoms with Crippen molar-refractivity contribution in [3.05, 3.63) is 23.8 Å². The Balaban J connectivity index is 1.93. The molecule has 1 unspecified atom stereocenters. The first-order chi connectivity index (χ1) is 12.1. The molecule has 1 heterocycles. The molecule has 2 rings (SSSR count). The lowest BCUT2D eigenvalue weighted by Crippen LogP contribution is -2.44. The molecule has 1 aromatic rings. The van der Waals surface area contributed by atoms with Crippen LogP contribution in [-0.2, 0) is 11.3 Å². The van der Waals surface area contributed by atoms with Crippen LogP contribution in [0.15, 0.2) is 23.2 Å². The Kier molecular flexibility index (Phi) is 6.91. The number of carbonyl (C=O) groups is 1. The van der Waals surface area contributed by atoms with Crippen LogP contribution in [0.1, 0.15) is 25.3 Å². The minimum atomic E-state index is 0.202. The Labute approximate surface area is 149 Å². The van der Waals surface area contributed by atoms with Crippen LogP contribution in [0.5, 0.6) is 11.5 Å². The largest absolute Gasteiger partial charge is 0.493 e. The van der Waals surface area contributed by atoms with E-state index in [9.17, 15) is 4.79 Å². The van der Waals surface area contributed by atoms with Gasteiger partial charge in [-0.25, -0.2) is 0 Å². The van der Waals surface area contributed by atoms with Crippen molar-refractivity contribution in [2.75, 3.05) is 34.4 Å². The number of nitrogens with zero attached hydrogens (tertiary/aromatic N) is 2. The molecular formula is C18H28N4O3. The fourth-order valence-corrected chi connectivity index (χ4v) is 2.99. The first-order valence-corrected chi connectivity index (χ1v) is 8.57. The molecule has 138 valence electrons. The Morgan fingerprint density at radius 3 is 2.80 bits per heavy atom. The van der Waals surface area contributed by atoms with E-state index >= 15 is 0 Å². The third-order valence-electron chi connectivity index (χ3n) is 4.34. The smallest absolute Gasteiger partial charge is 0.222 e. The van der Waals surface area contributed by atoms with Crippen molar-refractivity contribution in [2.24, 2.45) is 4.99 Å². The molecule has 0 radical (unpaired) electrons. The summed E-state index contributed by atoms with van der Waals surface area (Å²) >= 11 is 0. The molecule has 1 aliphatic heterocycles. The van der Waals surface area contributed by atoms with E-state index in [-0.39, 0.29) is 11.9 Å². The number of likely N-dealkylation sites (tertiary alicyclic amines) is 1. The summed E-state index contributed by atoms with van der Waals surface area (Å²) in [5.41, 5.74) is 0.985. The summed E-state index contributed by atoms with van der Waals surface area (Å²) in [6.07, 6.45) is 1.48. The zero-order valence-corrected chi connectivity index (χ0v) is 15.5. The molecule has 1 atom stereocenters. The third-order valence-corrected chi connectivity index (χ3v) is 4.34. The lowest BCUT2D eigenvalue weighted by molar-refractivity contribution is -0.129. The van der Waals surface area contributed by atoms with Crippen LogP contribution >= 0.6 is 0 Å².